The lowest BCUT2D eigenvalue weighted by Crippen LogP contribution is -2.31. The number of likely N-dealkylation sites (tertiary alicyclic amines) is 1. The third kappa shape index (κ3) is 5.78. The normalized spacial score (nSPS) is 17.6. The smallest absolute Gasteiger partial charge is 0.295 e. The number of benzene rings is 2. The fourth-order valence-electron chi connectivity index (χ4n) is 3.96. The van der Waals surface area contributed by atoms with Gasteiger partial charge in [0.2, 0.25) is 0 Å². The van der Waals surface area contributed by atoms with Crippen LogP contribution in [-0.4, -0.2) is 54.2 Å². The van der Waals surface area contributed by atoms with Gasteiger partial charge in [-0.2, -0.15) is 0 Å². The van der Waals surface area contributed by atoms with Crippen molar-refractivity contribution in [3.8, 4) is 11.5 Å². The number of aliphatic hydroxyl groups excluding tert-OH is 1. The summed E-state index contributed by atoms with van der Waals surface area (Å²) in [5.41, 5.74) is 1.22. The molecule has 1 N–H and O–H groups in total. The highest BCUT2D eigenvalue weighted by Gasteiger charge is 2.45. The minimum Gasteiger partial charge on any atom is -0.507 e. The number of ketones is 1. The predicted octanol–water partition coefficient (Wildman–Crippen LogP) is 4.72. The van der Waals surface area contributed by atoms with Gasteiger partial charge in [-0.1, -0.05) is 12.1 Å². The van der Waals surface area contributed by atoms with E-state index in [1.165, 1.54) is 4.90 Å². The summed E-state index contributed by atoms with van der Waals surface area (Å²) in [6, 6.07) is 13.4. The Kier molecular flexibility index (Phi) is 8.34. The second kappa shape index (κ2) is 11.2. The van der Waals surface area contributed by atoms with Crippen LogP contribution in [0, 0.1) is 0 Å². The van der Waals surface area contributed by atoms with E-state index in [1.807, 2.05) is 52.0 Å². The van der Waals surface area contributed by atoms with E-state index in [0.29, 0.717) is 42.2 Å². The van der Waals surface area contributed by atoms with Crippen LogP contribution < -0.4 is 9.47 Å². The zero-order valence-corrected chi connectivity index (χ0v) is 20.4. The molecule has 0 radical (unpaired) electrons. The van der Waals surface area contributed by atoms with Crippen LogP contribution in [0.3, 0.4) is 0 Å². The van der Waals surface area contributed by atoms with Gasteiger partial charge in [0.1, 0.15) is 17.3 Å². The number of amides is 1. The molecule has 7 heteroatoms. The van der Waals surface area contributed by atoms with Crippen molar-refractivity contribution in [3.63, 3.8) is 0 Å². The van der Waals surface area contributed by atoms with Gasteiger partial charge in [0, 0.05) is 25.8 Å². The molecule has 0 spiro atoms. The number of hydrogen-bond donors (Lipinski definition) is 1. The van der Waals surface area contributed by atoms with Gasteiger partial charge in [0.25, 0.3) is 11.7 Å². The number of nitrogens with zero attached hydrogens (tertiary/aromatic N) is 1. The summed E-state index contributed by atoms with van der Waals surface area (Å²) >= 11 is 0. The molecule has 3 rings (SSSR count). The molecule has 0 saturated carbocycles. The summed E-state index contributed by atoms with van der Waals surface area (Å²) < 4.78 is 16.5. The first-order valence-electron chi connectivity index (χ1n) is 11.5. The standard InChI is InChI=1S/C27H33NO6/c1-17(2)33-21-11-7-19(8-12-21)24-23(26(30)27(31)28(24)15-6-16-32-5)25(29)20-9-13-22(14-10-20)34-18(3)4/h7-14,17-18,24,29H,6,15-16H2,1-5H3/b25-23-. The summed E-state index contributed by atoms with van der Waals surface area (Å²) in [4.78, 5) is 27.5. The van der Waals surface area contributed by atoms with Crippen LogP contribution in [0.25, 0.3) is 5.76 Å². The number of ether oxygens (including phenoxy) is 3. The van der Waals surface area contributed by atoms with Crippen molar-refractivity contribution in [2.45, 2.75) is 52.4 Å². The van der Waals surface area contributed by atoms with Crippen molar-refractivity contribution in [1.29, 1.82) is 0 Å². The van der Waals surface area contributed by atoms with Crippen molar-refractivity contribution >= 4 is 17.4 Å². The maximum absolute atomic E-state index is 13.1. The van der Waals surface area contributed by atoms with E-state index >= 15 is 0 Å². The Labute approximate surface area is 200 Å². The zero-order chi connectivity index (χ0) is 24.8. The molecule has 0 aliphatic carbocycles. The molecule has 34 heavy (non-hydrogen) atoms. The van der Waals surface area contributed by atoms with Crippen molar-refractivity contribution < 1.29 is 28.9 Å². The van der Waals surface area contributed by atoms with Crippen molar-refractivity contribution in [1.82, 2.24) is 4.90 Å². The van der Waals surface area contributed by atoms with E-state index in [2.05, 4.69) is 0 Å². The topological polar surface area (TPSA) is 85.3 Å². The molecule has 2 aromatic carbocycles. The van der Waals surface area contributed by atoms with Crippen LogP contribution >= 0.6 is 0 Å². The minimum absolute atomic E-state index is 0.0134. The highest BCUT2D eigenvalue weighted by molar-refractivity contribution is 6.46. The lowest BCUT2D eigenvalue weighted by atomic mass is 9.95. The Bertz CT molecular complexity index is 1020. The van der Waals surface area contributed by atoms with Crippen LogP contribution in [0.15, 0.2) is 54.1 Å². The first-order valence-corrected chi connectivity index (χ1v) is 11.5. The van der Waals surface area contributed by atoms with Gasteiger partial charge in [-0.05, 0) is 76.1 Å². The molecule has 1 fully saturated rings. The third-order valence-electron chi connectivity index (χ3n) is 5.35. The van der Waals surface area contributed by atoms with E-state index < -0.39 is 17.7 Å². The molecule has 2 aromatic rings. The van der Waals surface area contributed by atoms with Gasteiger partial charge in [-0.3, -0.25) is 9.59 Å². The molecule has 1 saturated heterocycles. The molecule has 1 amide bonds. The molecular weight excluding hydrogens is 434 g/mol. The number of carbonyl (C=O) groups excluding carboxylic acids is 2. The monoisotopic (exact) mass is 467 g/mol. The predicted molar refractivity (Wildman–Crippen MR) is 130 cm³/mol. The van der Waals surface area contributed by atoms with Gasteiger partial charge in [0.05, 0.1) is 23.8 Å². The lowest BCUT2D eigenvalue weighted by Gasteiger charge is -2.25. The van der Waals surface area contributed by atoms with E-state index in [0.717, 1.165) is 0 Å². The molecule has 1 heterocycles. The Morgan fingerprint density at radius 2 is 1.44 bits per heavy atom. The fraction of sp³-hybridized carbons (Fsp3) is 0.407. The maximum atomic E-state index is 13.1. The van der Waals surface area contributed by atoms with E-state index in [4.69, 9.17) is 14.2 Å². The van der Waals surface area contributed by atoms with Gasteiger partial charge >= 0.3 is 0 Å². The number of Topliss-reactive ketones (excluding diaryl/α,β-unsaturated/α-hetero) is 1. The molecule has 7 nitrogen and oxygen atoms in total. The first-order chi connectivity index (χ1) is 16.2. The summed E-state index contributed by atoms with van der Waals surface area (Å²) in [5.74, 6) is -0.203. The van der Waals surface area contributed by atoms with Gasteiger partial charge in [-0.25, -0.2) is 0 Å². The highest BCUT2D eigenvalue weighted by atomic mass is 16.5. The van der Waals surface area contributed by atoms with Crippen LogP contribution in [0.2, 0.25) is 0 Å². The Morgan fingerprint density at radius 1 is 0.912 bits per heavy atom. The summed E-state index contributed by atoms with van der Waals surface area (Å²) in [6.45, 7) is 8.51. The number of aliphatic hydroxyl groups is 1. The molecule has 1 aliphatic heterocycles. The quantitative estimate of drug-likeness (QED) is 0.236. The molecule has 1 aliphatic rings. The van der Waals surface area contributed by atoms with E-state index in [1.54, 1.807) is 31.4 Å². The SMILES string of the molecule is COCCCN1C(=O)C(=O)/C(=C(\O)c2ccc(OC(C)C)cc2)C1c1ccc(OC(C)C)cc1. The Morgan fingerprint density at radius 3 is 1.94 bits per heavy atom. The highest BCUT2D eigenvalue weighted by Crippen LogP contribution is 2.40. The van der Waals surface area contributed by atoms with Crippen LogP contribution in [0.5, 0.6) is 11.5 Å². The maximum Gasteiger partial charge on any atom is 0.295 e. The molecular formula is C27H33NO6. The molecule has 182 valence electrons. The number of carbonyl (C=O) groups is 2. The zero-order valence-electron chi connectivity index (χ0n) is 20.4. The number of methoxy groups -OCH3 is 1. The Balaban J connectivity index is 2.03. The molecule has 0 aromatic heterocycles. The first kappa shape index (κ1) is 25.3. The van der Waals surface area contributed by atoms with Gasteiger partial charge in [0.15, 0.2) is 0 Å². The van der Waals surface area contributed by atoms with Crippen LogP contribution in [-0.2, 0) is 14.3 Å². The molecule has 0 bridgehead atoms. The summed E-state index contributed by atoms with van der Waals surface area (Å²) in [7, 11) is 1.59. The lowest BCUT2D eigenvalue weighted by molar-refractivity contribution is -0.140. The third-order valence-corrected chi connectivity index (χ3v) is 5.35. The van der Waals surface area contributed by atoms with Crippen molar-refractivity contribution in [2.75, 3.05) is 20.3 Å². The van der Waals surface area contributed by atoms with Gasteiger partial charge < -0.3 is 24.2 Å². The van der Waals surface area contributed by atoms with Crippen LogP contribution in [0.4, 0.5) is 0 Å². The summed E-state index contributed by atoms with van der Waals surface area (Å²) in [6.07, 6.45) is 0.600. The molecule has 1 atom stereocenters. The van der Waals surface area contributed by atoms with Crippen molar-refractivity contribution in [3.05, 3.63) is 65.2 Å². The second-order valence-corrected chi connectivity index (χ2v) is 8.77. The Hall–Kier alpha value is -3.32. The average Bonchev–Trinajstić information content (AvgIpc) is 3.04. The van der Waals surface area contributed by atoms with Gasteiger partial charge in [-0.15, -0.1) is 0 Å². The summed E-state index contributed by atoms with van der Waals surface area (Å²) in [5, 5.41) is 11.2. The number of rotatable bonds is 10. The van der Waals surface area contributed by atoms with E-state index in [9.17, 15) is 14.7 Å². The fourth-order valence-corrected chi connectivity index (χ4v) is 3.96. The molecule has 1 unspecified atom stereocenters. The number of hydrogen-bond acceptors (Lipinski definition) is 6. The largest absolute Gasteiger partial charge is 0.507 e. The van der Waals surface area contributed by atoms with Crippen LogP contribution in [0.1, 0.15) is 51.3 Å². The average molecular weight is 468 g/mol. The van der Waals surface area contributed by atoms with Crippen molar-refractivity contribution in [2.24, 2.45) is 0 Å². The second-order valence-electron chi connectivity index (χ2n) is 8.77. The minimum atomic E-state index is -0.712. The van der Waals surface area contributed by atoms with E-state index in [-0.39, 0.29) is 23.5 Å².